The van der Waals surface area contributed by atoms with E-state index in [4.69, 9.17) is 16.3 Å². The molecule has 1 saturated carbocycles. The van der Waals surface area contributed by atoms with Gasteiger partial charge in [-0.15, -0.1) is 0 Å². The van der Waals surface area contributed by atoms with E-state index in [0.29, 0.717) is 5.92 Å². The third-order valence-corrected chi connectivity index (χ3v) is 3.98. The lowest BCUT2D eigenvalue weighted by Crippen LogP contribution is -2.22. The van der Waals surface area contributed by atoms with Gasteiger partial charge < -0.3 is 10.1 Å². The molecular formula is C16H24ClNO. The predicted octanol–water partition coefficient (Wildman–Crippen LogP) is 4.26. The molecule has 2 rings (SSSR count). The van der Waals surface area contributed by atoms with E-state index in [1.54, 1.807) is 0 Å². The number of hydrogen-bond donors (Lipinski definition) is 1. The number of halogens is 1. The van der Waals surface area contributed by atoms with E-state index in [9.17, 15) is 0 Å². The third-order valence-electron chi connectivity index (χ3n) is 3.63. The van der Waals surface area contributed by atoms with Crippen molar-refractivity contribution in [3.8, 4) is 5.75 Å². The molecule has 106 valence electrons. The zero-order valence-electron chi connectivity index (χ0n) is 11.9. The van der Waals surface area contributed by atoms with E-state index in [1.807, 2.05) is 18.2 Å². The van der Waals surface area contributed by atoms with Crippen LogP contribution in [0.4, 0.5) is 0 Å². The van der Waals surface area contributed by atoms with Gasteiger partial charge in [0.2, 0.25) is 0 Å². The molecule has 0 saturated heterocycles. The van der Waals surface area contributed by atoms with E-state index in [2.05, 4.69) is 19.2 Å². The molecule has 0 unspecified atom stereocenters. The van der Waals surface area contributed by atoms with Gasteiger partial charge in [-0.1, -0.05) is 37.9 Å². The number of ether oxygens (including phenoxy) is 1. The van der Waals surface area contributed by atoms with Crippen molar-refractivity contribution < 1.29 is 4.74 Å². The molecule has 1 fully saturated rings. The molecule has 0 aliphatic heterocycles. The number of nitrogens with one attached hydrogen (secondary N) is 1. The van der Waals surface area contributed by atoms with Crippen LogP contribution < -0.4 is 10.1 Å². The van der Waals surface area contributed by atoms with Crippen molar-refractivity contribution in [3.63, 3.8) is 0 Å². The first-order chi connectivity index (χ1) is 9.16. The van der Waals surface area contributed by atoms with Crippen LogP contribution in [0.2, 0.25) is 5.02 Å². The average molecular weight is 282 g/mol. The van der Waals surface area contributed by atoms with E-state index in [0.717, 1.165) is 41.9 Å². The molecule has 1 N–H and O–H groups in total. The van der Waals surface area contributed by atoms with Crippen LogP contribution in [0, 0.1) is 11.8 Å². The molecule has 3 heteroatoms. The van der Waals surface area contributed by atoms with Gasteiger partial charge in [0.15, 0.2) is 0 Å². The quantitative estimate of drug-likeness (QED) is 0.806. The van der Waals surface area contributed by atoms with E-state index < -0.39 is 0 Å². The Labute approximate surface area is 121 Å². The normalized spacial score (nSPS) is 15.6. The maximum Gasteiger partial charge on any atom is 0.125 e. The highest BCUT2D eigenvalue weighted by molar-refractivity contribution is 6.31. The first kappa shape index (κ1) is 14.7. The topological polar surface area (TPSA) is 21.3 Å². The van der Waals surface area contributed by atoms with Crippen LogP contribution in [-0.2, 0) is 6.54 Å². The SMILES string of the molecule is CC(C)CNCc1c(Cl)cccc1OCC1CCC1. The molecule has 0 spiro atoms. The molecule has 2 nitrogen and oxygen atoms in total. The van der Waals surface area contributed by atoms with Crippen molar-refractivity contribution >= 4 is 11.6 Å². The summed E-state index contributed by atoms with van der Waals surface area (Å²) in [5.41, 5.74) is 1.09. The maximum atomic E-state index is 6.29. The Kier molecular flexibility index (Phi) is 5.53. The van der Waals surface area contributed by atoms with Crippen LogP contribution in [0.3, 0.4) is 0 Å². The van der Waals surface area contributed by atoms with Gasteiger partial charge in [0, 0.05) is 17.1 Å². The van der Waals surface area contributed by atoms with Crippen LogP contribution in [-0.4, -0.2) is 13.2 Å². The molecule has 0 heterocycles. The van der Waals surface area contributed by atoms with Gasteiger partial charge in [-0.25, -0.2) is 0 Å². The molecule has 1 aliphatic carbocycles. The van der Waals surface area contributed by atoms with Gasteiger partial charge in [0.25, 0.3) is 0 Å². The first-order valence-electron chi connectivity index (χ1n) is 7.27. The van der Waals surface area contributed by atoms with Gasteiger partial charge in [-0.2, -0.15) is 0 Å². The monoisotopic (exact) mass is 281 g/mol. The summed E-state index contributed by atoms with van der Waals surface area (Å²) >= 11 is 6.29. The summed E-state index contributed by atoms with van der Waals surface area (Å²) in [6, 6.07) is 5.92. The lowest BCUT2D eigenvalue weighted by atomic mass is 9.86. The Morgan fingerprint density at radius 3 is 2.79 bits per heavy atom. The molecule has 0 aromatic heterocycles. The van der Waals surface area contributed by atoms with E-state index in [1.165, 1.54) is 19.3 Å². The molecule has 0 atom stereocenters. The highest BCUT2D eigenvalue weighted by Crippen LogP contribution is 2.30. The summed E-state index contributed by atoms with van der Waals surface area (Å²) in [6.45, 7) is 7.00. The lowest BCUT2D eigenvalue weighted by Gasteiger charge is -2.26. The zero-order chi connectivity index (χ0) is 13.7. The van der Waals surface area contributed by atoms with Crippen LogP contribution >= 0.6 is 11.6 Å². The minimum absolute atomic E-state index is 0.641. The fourth-order valence-electron chi connectivity index (χ4n) is 2.20. The Balaban J connectivity index is 1.93. The summed E-state index contributed by atoms with van der Waals surface area (Å²) in [5.74, 6) is 2.33. The standard InChI is InChI=1S/C16H24ClNO/c1-12(2)9-18-10-14-15(17)7-4-8-16(14)19-11-13-5-3-6-13/h4,7-8,12-13,18H,3,5-6,9-11H2,1-2H3. The molecular weight excluding hydrogens is 258 g/mol. The van der Waals surface area contributed by atoms with Crippen molar-refractivity contribution in [3.05, 3.63) is 28.8 Å². The fourth-order valence-corrected chi connectivity index (χ4v) is 2.43. The molecule has 0 amide bonds. The molecule has 1 aromatic rings. The van der Waals surface area contributed by atoms with Crippen molar-refractivity contribution in [2.24, 2.45) is 11.8 Å². The summed E-state index contributed by atoms with van der Waals surface area (Å²) in [5, 5.41) is 4.23. The fraction of sp³-hybridized carbons (Fsp3) is 0.625. The Morgan fingerprint density at radius 2 is 2.16 bits per heavy atom. The van der Waals surface area contributed by atoms with Crippen LogP contribution in [0.25, 0.3) is 0 Å². The average Bonchev–Trinajstić information content (AvgIpc) is 2.30. The van der Waals surface area contributed by atoms with E-state index >= 15 is 0 Å². The lowest BCUT2D eigenvalue weighted by molar-refractivity contribution is 0.179. The summed E-state index contributed by atoms with van der Waals surface area (Å²) in [4.78, 5) is 0. The van der Waals surface area contributed by atoms with Gasteiger partial charge in [-0.3, -0.25) is 0 Å². The minimum Gasteiger partial charge on any atom is -0.493 e. The Bertz CT molecular complexity index is 402. The third kappa shape index (κ3) is 4.39. The molecule has 1 aliphatic rings. The second-order valence-corrected chi connectivity index (χ2v) is 6.26. The maximum absolute atomic E-state index is 6.29. The highest BCUT2D eigenvalue weighted by atomic mass is 35.5. The number of hydrogen-bond acceptors (Lipinski definition) is 2. The second kappa shape index (κ2) is 7.16. The largest absolute Gasteiger partial charge is 0.493 e. The van der Waals surface area contributed by atoms with Crippen molar-refractivity contribution in [1.82, 2.24) is 5.32 Å². The highest BCUT2D eigenvalue weighted by Gasteiger charge is 2.18. The summed E-state index contributed by atoms with van der Waals surface area (Å²) in [7, 11) is 0. The Morgan fingerprint density at radius 1 is 1.37 bits per heavy atom. The second-order valence-electron chi connectivity index (χ2n) is 5.85. The van der Waals surface area contributed by atoms with Crippen molar-refractivity contribution in [2.45, 2.75) is 39.7 Å². The molecule has 19 heavy (non-hydrogen) atoms. The molecule has 0 bridgehead atoms. The summed E-state index contributed by atoms with van der Waals surface area (Å²) < 4.78 is 5.95. The summed E-state index contributed by atoms with van der Waals surface area (Å²) in [6.07, 6.45) is 3.97. The van der Waals surface area contributed by atoms with Gasteiger partial charge in [0.05, 0.1) is 6.61 Å². The number of benzene rings is 1. The minimum atomic E-state index is 0.641. The van der Waals surface area contributed by atoms with Gasteiger partial charge >= 0.3 is 0 Å². The van der Waals surface area contributed by atoms with Gasteiger partial charge in [-0.05, 0) is 43.4 Å². The Hall–Kier alpha value is -0.730. The zero-order valence-corrected chi connectivity index (χ0v) is 12.7. The molecule has 1 aromatic carbocycles. The van der Waals surface area contributed by atoms with Crippen LogP contribution in [0.1, 0.15) is 38.7 Å². The predicted molar refractivity (Wildman–Crippen MR) is 80.8 cm³/mol. The smallest absolute Gasteiger partial charge is 0.125 e. The van der Waals surface area contributed by atoms with Gasteiger partial charge in [0.1, 0.15) is 5.75 Å². The first-order valence-corrected chi connectivity index (χ1v) is 7.65. The number of rotatable bonds is 7. The molecule has 0 radical (unpaired) electrons. The van der Waals surface area contributed by atoms with Crippen molar-refractivity contribution in [2.75, 3.05) is 13.2 Å². The van der Waals surface area contributed by atoms with Crippen molar-refractivity contribution in [1.29, 1.82) is 0 Å². The van der Waals surface area contributed by atoms with E-state index in [-0.39, 0.29) is 0 Å². The van der Waals surface area contributed by atoms with Crippen LogP contribution in [0.15, 0.2) is 18.2 Å². The van der Waals surface area contributed by atoms with Crippen LogP contribution in [0.5, 0.6) is 5.75 Å².